The second-order valence-electron chi connectivity index (χ2n) is 21.7. The number of nitrogens with zero attached hydrogens (tertiary/aromatic N) is 4. The van der Waals surface area contributed by atoms with Crippen molar-refractivity contribution in [2.24, 2.45) is 5.92 Å². The lowest BCUT2D eigenvalue weighted by molar-refractivity contribution is -0.172. The van der Waals surface area contributed by atoms with Crippen LogP contribution in [0.4, 0.5) is 4.39 Å². The molecule has 2 aromatic heterocycles. The van der Waals surface area contributed by atoms with Crippen LogP contribution in [0.1, 0.15) is 123 Å². The van der Waals surface area contributed by atoms with Gasteiger partial charge in [-0.1, -0.05) is 44.2 Å². The summed E-state index contributed by atoms with van der Waals surface area (Å²) in [6.07, 6.45) is -0.0821. The molecule has 2 aromatic carbocycles. The van der Waals surface area contributed by atoms with Crippen molar-refractivity contribution >= 4 is 75.8 Å². The largest absolute Gasteiger partial charge is 0.480 e. The Hall–Kier alpha value is -8.58. The number of halogens is 1. The van der Waals surface area contributed by atoms with Gasteiger partial charge in [0.05, 0.1) is 60.7 Å². The Morgan fingerprint density at radius 3 is 2.30 bits per heavy atom. The van der Waals surface area contributed by atoms with Gasteiger partial charge in [0.2, 0.25) is 41.4 Å². The molecule has 4 aliphatic rings. The summed E-state index contributed by atoms with van der Waals surface area (Å²) in [5.41, 5.74) is 2.08. The number of nitrogens with one attached hydrogen (secondary N) is 5. The Labute approximate surface area is 481 Å². The van der Waals surface area contributed by atoms with E-state index in [1.165, 1.54) is 15.5 Å². The zero-order valence-corrected chi connectivity index (χ0v) is 47.0. The Kier molecular flexibility index (Phi) is 19.6. The maximum absolute atomic E-state index is 15.4. The fourth-order valence-electron chi connectivity index (χ4n) is 11.2. The number of pyridine rings is 2. The maximum atomic E-state index is 15.4. The average molecular weight is 1160 g/mol. The van der Waals surface area contributed by atoms with Gasteiger partial charge in [-0.3, -0.25) is 62.5 Å². The highest BCUT2D eigenvalue weighted by Gasteiger charge is 2.46. The number of hydrogen-bond donors (Lipinski definition) is 7. The summed E-state index contributed by atoms with van der Waals surface area (Å²) in [5.74, 6) is -7.32. The van der Waals surface area contributed by atoms with E-state index in [2.05, 4.69) is 26.6 Å². The summed E-state index contributed by atoms with van der Waals surface area (Å²) in [6.45, 7) is 3.08. The quantitative estimate of drug-likeness (QED) is 0.0211. The van der Waals surface area contributed by atoms with Crippen molar-refractivity contribution in [2.45, 2.75) is 129 Å². The number of Topliss-reactive ketones (excluding diaryl/α,β-unsaturated/α-hetero) is 2. The highest BCUT2D eigenvalue weighted by Crippen LogP contribution is 2.46. The molecule has 25 heteroatoms. The molecule has 84 heavy (non-hydrogen) atoms. The molecule has 446 valence electrons. The van der Waals surface area contributed by atoms with Gasteiger partial charge in [0, 0.05) is 99.6 Å². The summed E-state index contributed by atoms with van der Waals surface area (Å²) in [4.78, 5) is 161. The third-order valence-electron chi connectivity index (χ3n) is 15.8. The van der Waals surface area contributed by atoms with Crippen LogP contribution in [0.15, 0.2) is 47.3 Å². The van der Waals surface area contributed by atoms with Gasteiger partial charge in [-0.25, -0.2) is 14.2 Å². The number of likely N-dealkylation sites (tertiary alicyclic amines) is 1. The number of aliphatic hydroxyl groups is 1. The van der Waals surface area contributed by atoms with Crippen molar-refractivity contribution in [2.75, 3.05) is 45.8 Å². The van der Waals surface area contributed by atoms with E-state index in [1.807, 2.05) is 0 Å². The topological polar surface area (TPSA) is 339 Å². The first kappa shape index (κ1) is 61.5. The molecular formula is C59H68FN9O15. The maximum Gasteiger partial charge on any atom is 0.343 e. The minimum atomic E-state index is -2.05. The zero-order chi connectivity index (χ0) is 60.6. The smallest absolute Gasteiger partial charge is 0.343 e. The Bertz CT molecular complexity index is 3400. The zero-order valence-electron chi connectivity index (χ0n) is 47.0. The fourth-order valence-corrected chi connectivity index (χ4v) is 11.2. The molecule has 4 atom stereocenters. The van der Waals surface area contributed by atoms with Gasteiger partial charge in [0.25, 0.3) is 5.56 Å². The first-order chi connectivity index (χ1) is 40.1. The number of hydrogen-bond acceptors (Lipinski definition) is 16. The van der Waals surface area contributed by atoms with Gasteiger partial charge >= 0.3 is 11.9 Å². The molecule has 0 saturated carbocycles. The molecule has 8 rings (SSSR count). The monoisotopic (exact) mass is 1160 g/mol. The number of ketones is 2. The standard InChI is InChI=1S/C59H68FN9O15/c1-4-59(83)39-25-44-55-37(28-69(44)57(81)38(39)31-84-58(59)82)54-41(14-13-36-33(3)40(60)26-43(66-55)53(36)54)64-48(74)11-8-19-61-46(72)17-15-45(71)42(24-34-9-6-5-7-10-34)65-49(75)16-12-35(70)27-63-50(76)29-67(30-52(78)79)22-20-62-47(73)18-21-68-51(77)23-32(2)56(68)80/h5-7,9-10,25-26,32,41-42,83H,4,8,11-24,27-31H2,1-3H3,(H,61,72)(H,62,73)(H,63,76)(H,64,74)(H,65,75)(H,78,79)/t32?,41-,42-,59-/m0/s1. The molecule has 1 aliphatic carbocycles. The summed E-state index contributed by atoms with van der Waals surface area (Å²) in [7, 11) is 0. The summed E-state index contributed by atoms with van der Waals surface area (Å²) in [6, 6.07) is 10.1. The number of amides is 7. The van der Waals surface area contributed by atoms with Crippen LogP contribution in [0.2, 0.25) is 0 Å². The van der Waals surface area contributed by atoms with Crippen LogP contribution < -0.4 is 32.1 Å². The Balaban J connectivity index is 0.785. The highest BCUT2D eigenvalue weighted by molar-refractivity contribution is 6.03. The van der Waals surface area contributed by atoms with Crippen molar-refractivity contribution in [1.82, 2.24) is 45.9 Å². The summed E-state index contributed by atoms with van der Waals surface area (Å²) < 4.78 is 22.1. The first-order valence-corrected chi connectivity index (χ1v) is 28.1. The lowest BCUT2D eigenvalue weighted by Crippen LogP contribution is -2.45. The van der Waals surface area contributed by atoms with Crippen LogP contribution in [0.5, 0.6) is 0 Å². The number of rotatable bonds is 28. The molecule has 0 spiro atoms. The number of carboxylic acid groups (broad SMARTS) is 1. The number of aryl methyl sites for hydroxylation is 1. The van der Waals surface area contributed by atoms with E-state index in [4.69, 9.17) is 9.72 Å². The Morgan fingerprint density at radius 1 is 0.857 bits per heavy atom. The number of carbonyl (C=O) groups excluding carboxylic acids is 10. The highest BCUT2D eigenvalue weighted by atomic mass is 19.1. The van der Waals surface area contributed by atoms with Crippen LogP contribution >= 0.6 is 0 Å². The minimum Gasteiger partial charge on any atom is -0.480 e. The van der Waals surface area contributed by atoms with Gasteiger partial charge in [0.1, 0.15) is 12.4 Å². The number of ether oxygens (including phenoxy) is 1. The van der Waals surface area contributed by atoms with Crippen molar-refractivity contribution in [3.05, 3.63) is 97.6 Å². The van der Waals surface area contributed by atoms with Crippen molar-refractivity contribution in [1.29, 1.82) is 0 Å². The molecule has 7 amide bonds. The molecule has 7 N–H and O–H groups in total. The van der Waals surface area contributed by atoms with E-state index in [9.17, 15) is 67.7 Å². The van der Waals surface area contributed by atoms with Gasteiger partial charge in [-0.2, -0.15) is 0 Å². The minimum absolute atomic E-state index is 0.00313. The van der Waals surface area contributed by atoms with E-state index in [0.29, 0.717) is 51.8 Å². The lowest BCUT2D eigenvalue weighted by Gasteiger charge is -2.31. The lowest BCUT2D eigenvalue weighted by atomic mass is 9.81. The molecule has 4 aromatic rings. The number of aromatic nitrogens is 2. The fraction of sp³-hybridized carbons (Fsp3) is 0.475. The second kappa shape index (κ2) is 26.8. The molecule has 1 fully saturated rings. The average Bonchev–Trinajstić information content (AvgIpc) is 1.53. The van der Waals surface area contributed by atoms with E-state index in [-0.39, 0.29) is 132 Å². The van der Waals surface area contributed by atoms with E-state index >= 15 is 4.39 Å². The molecule has 1 unspecified atom stereocenters. The van der Waals surface area contributed by atoms with Gasteiger partial charge in [-0.15, -0.1) is 0 Å². The van der Waals surface area contributed by atoms with E-state index < -0.39 is 102 Å². The van der Waals surface area contributed by atoms with Crippen LogP contribution in [0.25, 0.3) is 22.3 Å². The number of esters is 1. The molecule has 5 heterocycles. The molecule has 0 radical (unpaired) electrons. The third-order valence-corrected chi connectivity index (χ3v) is 15.8. The Morgan fingerprint density at radius 2 is 1.58 bits per heavy atom. The normalized spacial score (nSPS) is 17.9. The number of carbonyl (C=O) groups is 11. The van der Waals surface area contributed by atoms with Crippen LogP contribution in [-0.2, 0) is 89.1 Å². The molecule has 0 bridgehead atoms. The molecule has 1 saturated heterocycles. The number of aliphatic carboxylic acids is 1. The molecule has 24 nitrogen and oxygen atoms in total. The first-order valence-electron chi connectivity index (χ1n) is 28.1. The van der Waals surface area contributed by atoms with Crippen molar-refractivity contribution < 1.29 is 72.1 Å². The van der Waals surface area contributed by atoms with E-state index in [1.54, 1.807) is 57.2 Å². The van der Waals surface area contributed by atoms with Crippen LogP contribution in [-0.4, -0.2) is 146 Å². The number of benzene rings is 2. The summed E-state index contributed by atoms with van der Waals surface area (Å²) in [5, 5.41) is 34.9. The van der Waals surface area contributed by atoms with Crippen molar-refractivity contribution in [3.8, 4) is 11.4 Å². The number of imide groups is 1. The predicted octanol–water partition coefficient (Wildman–Crippen LogP) is 1.36. The van der Waals surface area contributed by atoms with Gasteiger partial charge in [0.15, 0.2) is 17.2 Å². The number of carboxylic acids is 1. The van der Waals surface area contributed by atoms with Crippen LogP contribution in [0.3, 0.4) is 0 Å². The van der Waals surface area contributed by atoms with Crippen molar-refractivity contribution in [3.63, 3.8) is 0 Å². The van der Waals surface area contributed by atoms with Gasteiger partial charge in [-0.05, 0) is 67.3 Å². The number of cyclic esters (lactones) is 1. The molecule has 3 aliphatic heterocycles. The molecular weight excluding hydrogens is 1090 g/mol. The summed E-state index contributed by atoms with van der Waals surface area (Å²) >= 11 is 0. The van der Waals surface area contributed by atoms with Crippen LogP contribution in [0, 0.1) is 18.7 Å². The number of fused-ring (bicyclic) bond motifs is 5. The third kappa shape index (κ3) is 14.1. The predicted molar refractivity (Wildman–Crippen MR) is 296 cm³/mol. The van der Waals surface area contributed by atoms with E-state index in [0.717, 1.165) is 16.0 Å². The SMILES string of the molecule is CC[C@@]1(O)C(=O)OCc2c1cc1n(c2=O)Cc2c-1nc1cc(F)c(C)c3c1c2[C@@H](NC(=O)CCCNC(=O)CCC(=O)[C@H](Cc1ccccc1)NC(=O)CCC(=O)CNC(=O)CN(CCNC(=O)CCN1C(=O)CC(C)C1=O)CC(=O)O)CC3. The van der Waals surface area contributed by atoms with Gasteiger partial charge < -0.3 is 46.1 Å². The second-order valence-corrected chi connectivity index (χ2v) is 21.7.